The van der Waals surface area contributed by atoms with E-state index in [2.05, 4.69) is 22.2 Å². The van der Waals surface area contributed by atoms with Crippen LogP contribution in [0.25, 0.3) is 0 Å². The van der Waals surface area contributed by atoms with Gasteiger partial charge in [0.05, 0.1) is 17.2 Å². The standard InChI is InChI=1S/C27H31ClN4O4S/c1-3-36-25-12-10-24(11-13-25)32(37(34,35)26-14-4-21(28)5-15-26)20-27(33)29-22-6-8-23(9-7-22)31-18-16-30(2)17-19-31/h4-15H,3,16-20H2,1-2H3,(H,29,33). The summed E-state index contributed by atoms with van der Waals surface area (Å²) in [5.74, 6) is 0.152. The highest BCUT2D eigenvalue weighted by molar-refractivity contribution is 7.92. The lowest BCUT2D eigenvalue weighted by Gasteiger charge is -2.34. The molecule has 3 aromatic carbocycles. The van der Waals surface area contributed by atoms with Gasteiger partial charge in [-0.15, -0.1) is 0 Å². The first-order chi connectivity index (χ1) is 17.8. The fourth-order valence-corrected chi connectivity index (χ4v) is 5.62. The summed E-state index contributed by atoms with van der Waals surface area (Å²) in [6.07, 6.45) is 0. The molecule has 1 N–H and O–H groups in total. The second-order valence-corrected chi connectivity index (χ2v) is 11.1. The Labute approximate surface area is 223 Å². The zero-order valence-corrected chi connectivity index (χ0v) is 22.5. The third kappa shape index (κ3) is 6.74. The number of halogens is 1. The molecule has 1 aliphatic rings. The Bertz CT molecular complexity index is 1290. The number of likely N-dealkylation sites (N-methyl/N-ethyl adjacent to an activating group) is 1. The summed E-state index contributed by atoms with van der Waals surface area (Å²) in [5.41, 5.74) is 2.03. The van der Waals surface area contributed by atoms with E-state index in [4.69, 9.17) is 16.3 Å². The van der Waals surface area contributed by atoms with Crippen LogP contribution in [0.15, 0.2) is 77.7 Å². The molecule has 3 aromatic rings. The van der Waals surface area contributed by atoms with Gasteiger partial charge in [0, 0.05) is 42.6 Å². The first kappa shape index (κ1) is 26.8. The molecule has 196 valence electrons. The Kier molecular flexibility index (Phi) is 8.58. The van der Waals surface area contributed by atoms with Crippen LogP contribution in [0.5, 0.6) is 5.75 Å². The smallest absolute Gasteiger partial charge is 0.264 e. The van der Waals surface area contributed by atoms with Crippen molar-refractivity contribution in [3.63, 3.8) is 0 Å². The van der Waals surface area contributed by atoms with Gasteiger partial charge in [-0.1, -0.05) is 11.6 Å². The predicted molar refractivity (Wildman–Crippen MR) is 148 cm³/mol. The Morgan fingerprint density at radius 1 is 0.946 bits per heavy atom. The summed E-state index contributed by atoms with van der Waals surface area (Å²) < 4.78 is 33.7. The van der Waals surface area contributed by atoms with E-state index in [0.29, 0.717) is 28.8 Å². The van der Waals surface area contributed by atoms with Gasteiger partial charge < -0.3 is 19.9 Å². The molecule has 10 heteroatoms. The number of carbonyl (C=O) groups excluding carboxylic acids is 1. The van der Waals surface area contributed by atoms with Crippen LogP contribution in [-0.2, 0) is 14.8 Å². The van der Waals surface area contributed by atoms with Crippen molar-refractivity contribution >= 4 is 44.6 Å². The molecule has 0 radical (unpaired) electrons. The molecule has 37 heavy (non-hydrogen) atoms. The van der Waals surface area contributed by atoms with Gasteiger partial charge in [-0.2, -0.15) is 0 Å². The van der Waals surface area contributed by atoms with Gasteiger partial charge in [0.2, 0.25) is 5.91 Å². The van der Waals surface area contributed by atoms with E-state index in [0.717, 1.165) is 36.2 Å². The first-order valence-corrected chi connectivity index (χ1v) is 13.9. The second kappa shape index (κ2) is 11.9. The van der Waals surface area contributed by atoms with Crippen LogP contribution in [0.4, 0.5) is 17.1 Å². The highest BCUT2D eigenvalue weighted by Gasteiger charge is 2.27. The molecule has 0 atom stereocenters. The van der Waals surface area contributed by atoms with Gasteiger partial charge in [-0.25, -0.2) is 8.42 Å². The number of rotatable bonds is 9. The molecule has 0 unspecified atom stereocenters. The number of piperazine rings is 1. The second-order valence-electron chi connectivity index (χ2n) is 8.78. The van der Waals surface area contributed by atoms with Crippen LogP contribution >= 0.6 is 11.6 Å². The largest absolute Gasteiger partial charge is 0.494 e. The maximum absolute atomic E-state index is 13.5. The van der Waals surface area contributed by atoms with Crippen LogP contribution in [0.2, 0.25) is 5.02 Å². The fraction of sp³-hybridized carbons (Fsp3) is 0.296. The van der Waals surface area contributed by atoms with Crippen LogP contribution in [-0.4, -0.2) is 65.6 Å². The van der Waals surface area contributed by atoms with Gasteiger partial charge in [0.1, 0.15) is 12.3 Å². The highest BCUT2D eigenvalue weighted by atomic mass is 35.5. The van der Waals surface area contributed by atoms with E-state index in [-0.39, 0.29) is 4.90 Å². The quantitative estimate of drug-likeness (QED) is 0.433. The molecule has 1 amide bonds. The van der Waals surface area contributed by atoms with Crippen molar-refractivity contribution in [1.29, 1.82) is 0 Å². The first-order valence-electron chi connectivity index (χ1n) is 12.1. The molecule has 1 fully saturated rings. The number of nitrogens with zero attached hydrogens (tertiary/aromatic N) is 3. The average Bonchev–Trinajstić information content (AvgIpc) is 2.89. The third-order valence-corrected chi connectivity index (χ3v) is 8.18. The number of anilines is 3. The molecule has 0 aliphatic carbocycles. The lowest BCUT2D eigenvalue weighted by Crippen LogP contribution is -2.44. The zero-order chi connectivity index (χ0) is 26.4. The number of amides is 1. The topological polar surface area (TPSA) is 82.2 Å². The molecule has 8 nitrogen and oxygen atoms in total. The van der Waals surface area contributed by atoms with Crippen molar-refractivity contribution in [2.45, 2.75) is 11.8 Å². The third-order valence-electron chi connectivity index (χ3n) is 6.14. The minimum absolute atomic E-state index is 0.0371. The van der Waals surface area contributed by atoms with Gasteiger partial charge in [-0.3, -0.25) is 9.10 Å². The number of carbonyl (C=O) groups is 1. The van der Waals surface area contributed by atoms with Crippen LogP contribution < -0.4 is 19.3 Å². The summed E-state index contributed by atoms with van der Waals surface area (Å²) in [7, 11) is -1.94. The van der Waals surface area contributed by atoms with E-state index in [1.54, 1.807) is 24.3 Å². The summed E-state index contributed by atoms with van der Waals surface area (Å²) in [4.78, 5) is 17.7. The van der Waals surface area contributed by atoms with Gasteiger partial charge in [0.25, 0.3) is 10.0 Å². The number of nitrogens with one attached hydrogen (secondary N) is 1. The Hall–Kier alpha value is -3.27. The molecule has 0 bridgehead atoms. The number of hydrogen-bond donors (Lipinski definition) is 1. The van der Waals surface area contributed by atoms with Gasteiger partial charge >= 0.3 is 0 Å². The Balaban J connectivity index is 1.52. The summed E-state index contributed by atoms with van der Waals surface area (Å²) in [6.45, 7) is 5.85. The fourth-order valence-electron chi connectivity index (χ4n) is 4.08. The molecular weight excluding hydrogens is 512 g/mol. The maximum Gasteiger partial charge on any atom is 0.264 e. The van der Waals surface area contributed by atoms with Gasteiger partial charge in [-0.05, 0) is 86.8 Å². The molecule has 1 saturated heterocycles. The molecule has 4 rings (SSSR count). The molecule has 1 aliphatic heterocycles. The van der Waals surface area contributed by atoms with E-state index in [9.17, 15) is 13.2 Å². The lowest BCUT2D eigenvalue weighted by atomic mass is 10.2. The number of benzene rings is 3. The normalized spacial score (nSPS) is 14.3. The van der Waals surface area contributed by atoms with Crippen LogP contribution in [0.3, 0.4) is 0 Å². The van der Waals surface area contributed by atoms with Crippen molar-refractivity contribution in [2.24, 2.45) is 0 Å². The van der Waals surface area contributed by atoms with Crippen LogP contribution in [0.1, 0.15) is 6.92 Å². The SMILES string of the molecule is CCOc1ccc(N(CC(=O)Nc2ccc(N3CCN(C)CC3)cc2)S(=O)(=O)c2ccc(Cl)cc2)cc1. The number of ether oxygens (including phenoxy) is 1. The van der Waals surface area contributed by atoms with Crippen LogP contribution in [0, 0.1) is 0 Å². The van der Waals surface area contributed by atoms with E-state index in [1.165, 1.54) is 24.3 Å². The molecular formula is C27H31ClN4O4S. The average molecular weight is 543 g/mol. The van der Waals surface area contributed by atoms with Crippen molar-refractivity contribution < 1.29 is 17.9 Å². The highest BCUT2D eigenvalue weighted by Crippen LogP contribution is 2.27. The zero-order valence-electron chi connectivity index (χ0n) is 20.9. The minimum Gasteiger partial charge on any atom is -0.494 e. The van der Waals surface area contributed by atoms with Crippen molar-refractivity contribution in [2.75, 3.05) is 60.9 Å². The predicted octanol–water partition coefficient (Wildman–Crippen LogP) is 4.32. The number of sulfonamides is 1. The van der Waals surface area contributed by atoms with Crippen molar-refractivity contribution in [3.05, 3.63) is 77.8 Å². The number of hydrogen-bond acceptors (Lipinski definition) is 6. The van der Waals surface area contributed by atoms with E-state index in [1.807, 2.05) is 31.2 Å². The molecule has 0 spiro atoms. The molecule has 0 saturated carbocycles. The summed E-state index contributed by atoms with van der Waals surface area (Å²) in [5, 5.41) is 3.25. The van der Waals surface area contributed by atoms with Gasteiger partial charge in [0.15, 0.2) is 0 Å². The maximum atomic E-state index is 13.5. The Morgan fingerprint density at radius 3 is 2.16 bits per heavy atom. The van der Waals surface area contributed by atoms with Crippen molar-refractivity contribution in [1.82, 2.24) is 4.90 Å². The van der Waals surface area contributed by atoms with Crippen molar-refractivity contribution in [3.8, 4) is 5.75 Å². The molecule has 0 aromatic heterocycles. The van der Waals surface area contributed by atoms with E-state index < -0.39 is 22.5 Å². The monoisotopic (exact) mass is 542 g/mol. The summed E-state index contributed by atoms with van der Waals surface area (Å²) in [6, 6.07) is 20.1. The van der Waals surface area contributed by atoms with E-state index >= 15 is 0 Å². The minimum atomic E-state index is -4.05. The molecule has 1 heterocycles. The Morgan fingerprint density at radius 2 is 1.57 bits per heavy atom. The lowest BCUT2D eigenvalue weighted by molar-refractivity contribution is -0.114. The summed E-state index contributed by atoms with van der Waals surface area (Å²) >= 11 is 5.96.